The van der Waals surface area contributed by atoms with E-state index in [0.29, 0.717) is 25.7 Å². The third kappa shape index (κ3) is 5.66. The predicted octanol–water partition coefficient (Wildman–Crippen LogP) is 4.92. The van der Waals surface area contributed by atoms with Gasteiger partial charge in [-0.2, -0.15) is 9.97 Å². The van der Waals surface area contributed by atoms with Gasteiger partial charge in [0.15, 0.2) is 0 Å². The summed E-state index contributed by atoms with van der Waals surface area (Å²) in [7, 11) is 2.04. The number of rotatable bonds is 8. The summed E-state index contributed by atoms with van der Waals surface area (Å²) in [6, 6.07) is 12.7. The maximum Gasteiger partial charge on any atom is 0.328 e. The number of halogens is 1. The summed E-state index contributed by atoms with van der Waals surface area (Å²) in [5, 5.41) is 11.9. The number of ether oxygens (including phenoxy) is 1. The van der Waals surface area contributed by atoms with Crippen molar-refractivity contribution in [2.24, 2.45) is 0 Å². The molecule has 46 heavy (non-hydrogen) atoms. The van der Waals surface area contributed by atoms with E-state index in [-0.39, 0.29) is 23.5 Å². The second kappa shape index (κ2) is 12.4. The third-order valence-electron chi connectivity index (χ3n) is 10.6. The predicted molar refractivity (Wildman–Crippen MR) is 179 cm³/mol. The molecule has 3 saturated heterocycles. The van der Waals surface area contributed by atoms with E-state index >= 15 is 0 Å². The molecule has 1 N–H and O–H groups in total. The summed E-state index contributed by atoms with van der Waals surface area (Å²) in [5.74, 6) is -0.581. The fourth-order valence-corrected chi connectivity index (χ4v) is 8.43. The molecule has 3 fully saturated rings. The van der Waals surface area contributed by atoms with Crippen LogP contribution in [0.5, 0.6) is 6.01 Å². The van der Waals surface area contributed by atoms with Crippen molar-refractivity contribution in [1.82, 2.24) is 19.8 Å². The summed E-state index contributed by atoms with van der Waals surface area (Å²) >= 11 is 6.73. The molecule has 0 unspecified atom stereocenters. The number of carbonyl (C=O) groups is 2. The molecule has 1 amide bonds. The first-order valence-corrected chi connectivity index (χ1v) is 16.7. The van der Waals surface area contributed by atoms with Crippen LogP contribution in [-0.2, 0) is 22.6 Å². The molecule has 1 aromatic heterocycles. The number of aliphatic carboxylic acids is 1. The minimum absolute atomic E-state index is 0.0117. The molecular formula is C35H41ClN6O4. The SMILES string of the molecule is C[C@H]1C[C@@H](N(C)c2nc(OCC34CCCN3CCC4)nc3c2CCN(c2cccc4cccc(Cl)c24)C3)CN1C(=O)/C=C/C(=O)O. The smallest absolute Gasteiger partial charge is 0.328 e. The fraction of sp³-hybridized carbons (Fsp3) is 0.486. The Labute approximate surface area is 274 Å². The number of carboxylic acid groups (broad SMARTS) is 1. The molecule has 7 rings (SSSR count). The second-order valence-corrected chi connectivity index (χ2v) is 13.7. The van der Waals surface area contributed by atoms with Crippen molar-refractivity contribution in [3.05, 3.63) is 64.8 Å². The maximum absolute atomic E-state index is 12.8. The van der Waals surface area contributed by atoms with E-state index in [4.69, 9.17) is 31.4 Å². The van der Waals surface area contributed by atoms with E-state index in [9.17, 15) is 9.59 Å². The van der Waals surface area contributed by atoms with Crippen LogP contribution in [0.3, 0.4) is 0 Å². The van der Waals surface area contributed by atoms with E-state index in [2.05, 4.69) is 39.0 Å². The van der Waals surface area contributed by atoms with Crippen LogP contribution in [0.2, 0.25) is 5.02 Å². The molecule has 10 nitrogen and oxygen atoms in total. The monoisotopic (exact) mass is 644 g/mol. The number of hydrogen-bond donors (Lipinski definition) is 1. The lowest BCUT2D eigenvalue weighted by molar-refractivity contribution is -0.132. The number of hydrogen-bond acceptors (Lipinski definition) is 8. The fourth-order valence-electron chi connectivity index (χ4n) is 8.15. The molecule has 2 aromatic carbocycles. The van der Waals surface area contributed by atoms with Gasteiger partial charge in [-0.3, -0.25) is 9.69 Å². The van der Waals surface area contributed by atoms with Gasteiger partial charge in [-0.05, 0) is 76.1 Å². The van der Waals surface area contributed by atoms with Crippen LogP contribution < -0.4 is 14.5 Å². The van der Waals surface area contributed by atoms with Crippen molar-refractivity contribution in [3.8, 4) is 6.01 Å². The van der Waals surface area contributed by atoms with Crippen molar-refractivity contribution in [3.63, 3.8) is 0 Å². The standard InChI is InChI=1S/C35H41ClN6O4/c1-23-19-25(20-42(23)30(43)11-12-31(44)45)39(2)33-26-13-18-40(29-10-4-8-24-7-3-9-27(36)32(24)29)21-28(26)37-34(38-33)46-22-35-14-5-16-41(35)17-6-15-35/h3-4,7-12,23,25H,5-6,13-22H2,1-2H3,(H,44,45)/b12-11+/t23-,25+/m0/s1. The Bertz CT molecular complexity index is 1680. The Kier molecular flexibility index (Phi) is 8.27. The normalized spacial score (nSPS) is 22.4. The molecule has 0 bridgehead atoms. The number of aromatic nitrogens is 2. The van der Waals surface area contributed by atoms with Gasteiger partial charge < -0.3 is 24.5 Å². The van der Waals surface area contributed by atoms with Gasteiger partial charge in [0.05, 0.1) is 22.8 Å². The number of amides is 1. The maximum atomic E-state index is 12.8. The molecule has 2 atom stereocenters. The van der Waals surface area contributed by atoms with Gasteiger partial charge >= 0.3 is 12.0 Å². The molecule has 242 valence electrons. The van der Waals surface area contributed by atoms with Crippen molar-refractivity contribution >= 4 is 45.8 Å². The van der Waals surface area contributed by atoms with E-state index < -0.39 is 5.97 Å². The van der Waals surface area contributed by atoms with Gasteiger partial charge in [0.2, 0.25) is 5.91 Å². The third-order valence-corrected chi connectivity index (χ3v) is 10.9. The lowest BCUT2D eigenvalue weighted by atomic mass is 9.95. The molecular weight excluding hydrogens is 604 g/mol. The first-order chi connectivity index (χ1) is 22.2. The van der Waals surface area contributed by atoms with Crippen LogP contribution in [0.25, 0.3) is 10.8 Å². The number of carboxylic acids is 1. The van der Waals surface area contributed by atoms with Crippen molar-refractivity contribution in [2.45, 2.75) is 69.6 Å². The summed E-state index contributed by atoms with van der Waals surface area (Å²) in [4.78, 5) is 42.8. The van der Waals surface area contributed by atoms with Crippen LogP contribution in [0.15, 0.2) is 48.6 Å². The van der Waals surface area contributed by atoms with Crippen LogP contribution in [0.1, 0.15) is 50.3 Å². The number of fused-ring (bicyclic) bond motifs is 3. The number of carbonyl (C=O) groups excluding carboxylic acids is 1. The molecule has 0 spiro atoms. The molecule has 4 aliphatic rings. The first-order valence-electron chi connectivity index (χ1n) is 16.4. The van der Waals surface area contributed by atoms with Gasteiger partial charge in [0, 0.05) is 61.0 Å². The van der Waals surface area contributed by atoms with Gasteiger partial charge in [-0.25, -0.2) is 4.79 Å². The van der Waals surface area contributed by atoms with E-state index in [0.717, 1.165) is 96.0 Å². The van der Waals surface area contributed by atoms with Gasteiger partial charge in [0.25, 0.3) is 0 Å². The largest absolute Gasteiger partial charge is 0.478 e. The molecule has 11 heteroatoms. The van der Waals surface area contributed by atoms with E-state index in [1.54, 1.807) is 4.90 Å². The first kappa shape index (κ1) is 30.7. The highest BCUT2D eigenvalue weighted by Crippen LogP contribution is 2.40. The second-order valence-electron chi connectivity index (χ2n) is 13.3. The van der Waals surface area contributed by atoms with Crippen molar-refractivity contribution in [1.29, 1.82) is 0 Å². The Hall–Kier alpha value is -3.89. The minimum Gasteiger partial charge on any atom is -0.478 e. The zero-order chi connectivity index (χ0) is 32.0. The van der Waals surface area contributed by atoms with Gasteiger partial charge in [-0.15, -0.1) is 0 Å². The lowest BCUT2D eigenvalue weighted by Crippen LogP contribution is -2.44. The molecule has 0 saturated carbocycles. The number of nitrogens with zero attached hydrogens (tertiary/aromatic N) is 6. The average molecular weight is 645 g/mol. The quantitative estimate of drug-likeness (QED) is 0.343. The molecule has 0 radical (unpaired) electrons. The van der Waals surface area contributed by atoms with Crippen molar-refractivity contribution in [2.75, 3.05) is 49.6 Å². The van der Waals surface area contributed by atoms with Crippen LogP contribution in [0, 0.1) is 0 Å². The number of likely N-dealkylation sites (tertiary alicyclic amines) is 1. The number of anilines is 2. The average Bonchev–Trinajstić information content (AvgIpc) is 3.76. The minimum atomic E-state index is -1.13. The molecule has 5 heterocycles. The Morgan fingerprint density at radius 3 is 2.63 bits per heavy atom. The van der Waals surface area contributed by atoms with E-state index in [1.807, 2.05) is 26.1 Å². The zero-order valence-electron chi connectivity index (χ0n) is 26.5. The lowest BCUT2D eigenvalue weighted by Gasteiger charge is -2.35. The van der Waals surface area contributed by atoms with Gasteiger partial charge in [-0.1, -0.05) is 35.9 Å². The summed E-state index contributed by atoms with van der Waals surface area (Å²) in [5.41, 5.74) is 3.20. The molecule has 3 aromatic rings. The number of benzene rings is 2. The van der Waals surface area contributed by atoms with Crippen LogP contribution >= 0.6 is 11.6 Å². The Morgan fingerprint density at radius 1 is 1.11 bits per heavy atom. The molecule has 4 aliphatic heterocycles. The highest BCUT2D eigenvalue weighted by atomic mass is 35.5. The van der Waals surface area contributed by atoms with Crippen LogP contribution in [-0.4, -0.2) is 94.2 Å². The molecule has 0 aliphatic carbocycles. The van der Waals surface area contributed by atoms with Crippen LogP contribution in [0.4, 0.5) is 11.5 Å². The summed E-state index contributed by atoms with van der Waals surface area (Å²) < 4.78 is 6.52. The van der Waals surface area contributed by atoms with Crippen molar-refractivity contribution < 1.29 is 19.4 Å². The zero-order valence-corrected chi connectivity index (χ0v) is 27.2. The Morgan fingerprint density at radius 2 is 1.87 bits per heavy atom. The number of likely N-dealkylation sites (N-methyl/N-ethyl adjacent to an activating group) is 1. The summed E-state index contributed by atoms with van der Waals surface area (Å²) in [6.07, 6.45) is 8.21. The van der Waals surface area contributed by atoms with Gasteiger partial charge in [0.1, 0.15) is 12.4 Å². The summed E-state index contributed by atoms with van der Waals surface area (Å²) in [6.45, 7) is 6.70. The highest BCUT2D eigenvalue weighted by molar-refractivity contribution is 6.36. The topological polar surface area (TPSA) is 102 Å². The highest BCUT2D eigenvalue weighted by Gasteiger charge is 2.45. The van der Waals surface area contributed by atoms with E-state index in [1.165, 1.54) is 12.8 Å². The Balaban J connectivity index is 1.20.